The van der Waals surface area contributed by atoms with E-state index < -0.39 is 6.04 Å². The van der Waals surface area contributed by atoms with Crippen molar-refractivity contribution in [3.63, 3.8) is 0 Å². The molecule has 0 bridgehead atoms. The predicted molar refractivity (Wildman–Crippen MR) is 83.5 cm³/mol. The molecule has 0 saturated carbocycles. The maximum atomic E-state index is 11.9. The molecule has 1 atom stereocenters. The first kappa shape index (κ1) is 14.9. The Morgan fingerprint density at radius 1 is 1.45 bits per heavy atom. The van der Waals surface area contributed by atoms with Crippen LogP contribution < -0.4 is 16.2 Å². The van der Waals surface area contributed by atoms with E-state index in [1.54, 1.807) is 0 Å². The third kappa shape index (κ3) is 2.41. The molecule has 1 unspecified atom stereocenters. The van der Waals surface area contributed by atoms with Crippen molar-refractivity contribution >= 4 is 28.8 Å². The fraction of sp³-hybridized carbons (Fsp3) is 0.400. The molecule has 20 heavy (non-hydrogen) atoms. The molecule has 0 saturated heterocycles. The van der Waals surface area contributed by atoms with E-state index in [4.69, 9.17) is 17.4 Å². The van der Waals surface area contributed by atoms with Gasteiger partial charge >= 0.3 is 0 Å². The Hall–Kier alpha value is -1.52. The van der Waals surface area contributed by atoms with Gasteiger partial charge < -0.3 is 4.90 Å². The van der Waals surface area contributed by atoms with Gasteiger partial charge in [0.2, 0.25) is 0 Å². The Morgan fingerprint density at radius 2 is 2.10 bits per heavy atom. The average molecular weight is 294 g/mol. The number of anilines is 1. The van der Waals surface area contributed by atoms with Gasteiger partial charge in [-0.2, -0.15) is 0 Å². The molecule has 1 aromatic rings. The lowest BCUT2D eigenvalue weighted by molar-refractivity contribution is -0.122. The molecule has 1 aliphatic heterocycles. The summed E-state index contributed by atoms with van der Waals surface area (Å²) in [6.07, 6.45) is 2.16. The molecule has 3 N–H and O–H groups in total. The second-order valence-corrected chi connectivity index (χ2v) is 6.13. The van der Waals surface area contributed by atoms with Crippen LogP contribution in [0.5, 0.6) is 0 Å². The highest BCUT2D eigenvalue weighted by Crippen LogP contribution is 2.41. The molecule has 1 heterocycles. The van der Waals surface area contributed by atoms with Crippen LogP contribution in [0.2, 0.25) is 5.02 Å². The summed E-state index contributed by atoms with van der Waals surface area (Å²) in [4.78, 5) is 14.0. The number of carbonyl (C=O) groups excluding carboxylic acids is 1. The summed E-state index contributed by atoms with van der Waals surface area (Å²) in [5.41, 5.74) is 5.15. The van der Waals surface area contributed by atoms with E-state index in [2.05, 4.69) is 32.3 Å². The minimum atomic E-state index is -0.392. The number of rotatable bonds is 2. The number of benzene rings is 1. The fourth-order valence-electron chi connectivity index (χ4n) is 2.97. The standard InChI is InChI=1S/C15H20ClN3O/c1-9-8-15(3,4)19(10(2)14(20)18-17)13-7-11(16)5-6-12(9)13/h5-8,10H,17H2,1-4H3,(H,18,20). The minimum Gasteiger partial charge on any atom is -0.351 e. The van der Waals surface area contributed by atoms with Crippen LogP contribution in [0.1, 0.15) is 33.3 Å². The maximum Gasteiger partial charge on any atom is 0.256 e. The average Bonchev–Trinajstić information content (AvgIpc) is 2.35. The molecular formula is C15H20ClN3O. The number of halogens is 1. The van der Waals surface area contributed by atoms with Crippen LogP contribution in [0.4, 0.5) is 5.69 Å². The first-order chi connectivity index (χ1) is 9.27. The Bertz CT molecular complexity index is 580. The highest BCUT2D eigenvalue weighted by atomic mass is 35.5. The number of hydrazine groups is 1. The first-order valence-corrected chi connectivity index (χ1v) is 6.95. The van der Waals surface area contributed by atoms with Crippen molar-refractivity contribution in [2.24, 2.45) is 5.84 Å². The zero-order valence-electron chi connectivity index (χ0n) is 12.2. The second kappa shape index (κ2) is 5.11. The lowest BCUT2D eigenvalue weighted by Gasteiger charge is -2.46. The van der Waals surface area contributed by atoms with Gasteiger partial charge in [-0.05, 0) is 45.4 Å². The molecule has 5 heteroatoms. The zero-order chi connectivity index (χ0) is 15.1. The second-order valence-electron chi connectivity index (χ2n) is 5.70. The monoisotopic (exact) mass is 293 g/mol. The van der Waals surface area contributed by atoms with Crippen molar-refractivity contribution in [1.82, 2.24) is 5.43 Å². The number of nitrogens with two attached hydrogens (primary N) is 1. The largest absolute Gasteiger partial charge is 0.351 e. The summed E-state index contributed by atoms with van der Waals surface area (Å²) in [5.74, 6) is 5.05. The normalized spacial score (nSPS) is 18.1. The van der Waals surface area contributed by atoms with Gasteiger partial charge in [-0.3, -0.25) is 10.2 Å². The van der Waals surface area contributed by atoms with Crippen LogP contribution in [-0.4, -0.2) is 17.5 Å². The van der Waals surface area contributed by atoms with Crippen molar-refractivity contribution in [2.75, 3.05) is 4.90 Å². The van der Waals surface area contributed by atoms with Crippen LogP contribution in [0.25, 0.3) is 5.57 Å². The van der Waals surface area contributed by atoms with Gasteiger partial charge in [0.1, 0.15) is 6.04 Å². The van der Waals surface area contributed by atoms with Crippen LogP contribution >= 0.6 is 11.6 Å². The molecule has 1 aromatic carbocycles. The van der Waals surface area contributed by atoms with Crippen LogP contribution in [0, 0.1) is 0 Å². The topological polar surface area (TPSA) is 58.4 Å². The highest BCUT2D eigenvalue weighted by molar-refractivity contribution is 6.31. The van der Waals surface area contributed by atoms with Gasteiger partial charge in [0, 0.05) is 16.3 Å². The summed E-state index contributed by atoms with van der Waals surface area (Å²) < 4.78 is 0. The van der Waals surface area contributed by atoms with Crippen LogP contribution in [-0.2, 0) is 4.79 Å². The van der Waals surface area contributed by atoms with Crippen LogP contribution in [0.3, 0.4) is 0 Å². The molecule has 108 valence electrons. The number of hydrogen-bond acceptors (Lipinski definition) is 3. The van der Waals surface area contributed by atoms with Gasteiger partial charge in [-0.15, -0.1) is 0 Å². The van der Waals surface area contributed by atoms with Crippen molar-refractivity contribution in [3.05, 3.63) is 34.9 Å². The van der Waals surface area contributed by atoms with E-state index >= 15 is 0 Å². The quantitative estimate of drug-likeness (QED) is 0.501. The molecule has 0 radical (unpaired) electrons. The molecular weight excluding hydrogens is 274 g/mol. The third-order valence-corrected chi connectivity index (χ3v) is 3.98. The van der Waals surface area contributed by atoms with Gasteiger partial charge in [-0.25, -0.2) is 5.84 Å². The number of allylic oxidation sites excluding steroid dienone is 1. The van der Waals surface area contributed by atoms with E-state index in [1.165, 1.54) is 5.57 Å². The molecule has 0 fully saturated rings. The summed E-state index contributed by atoms with van der Waals surface area (Å²) in [5, 5.41) is 0.652. The SMILES string of the molecule is CC1=CC(C)(C)N(C(C)C(=O)NN)c2cc(Cl)ccc21. The first-order valence-electron chi connectivity index (χ1n) is 6.57. The third-order valence-electron chi connectivity index (χ3n) is 3.74. The summed E-state index contributed by atoms with van der Waals surface area (Å²) >= 11 is 6.13. The van der Waals surface area contributed by atoms with E-state index in [1.807, 2.05) is 30.0 Å². The Kier molecular flexibility index (Phi) is 3.80. The number of amides is 1. The minimum absolute atomic E-state index is 0.225. The Morgan fingerprint density at radius 3 is 2.70 bits per heavy atom. The number of carbonyl (C=O) groups is 1. The molecule has 0 aromatic heterocycles. The van der Waals surface area contributed by atoms with Gasteiger partial charge in [0.15, 0.2) is 0 Å². The van der Waals surface area contributed by atoms with Crippen molar-refractivity contribution in [3.8, 4) is 0 Å². The van der Waals surface area contributed by atoms with Gasteiger partial charge in [-0.1, -0.05) is 23.7 Å². The number of nitrogens with zero attached hydrogens (tertiary/aromatic N) is 1. The van der Waals surface area contributed by atoms with E-state index in [-0.39, 0.29) is 11.4 Å². The Labute approximate surface area is 124 Å². The summed E-state index contributed by atoms with van der Waals surface area (Å²) in [7, 11) is 0. The molecule has 0 aliphatic carbocycles. The highest BCUT2D eigenvalue weighted by Gasteiger charge is 2.36. The van der Waals surface area contributed by atoms with E-state index in [0.717, 1.165) is 11.3 Å². The molecule has 1 aliphatic rings. The van der Waals surface area contributed by atoms with E-state index in [9.17, 15) is 4.79 Å². The van der Waals surface area contributed by atoms with Gasteiger partial charge in [0.25, 0.3) is 5.91 Å². The Balaban J connectivity index is 2.61. The molecule has 0 spiro atoms. The molecule has 2 rings (SSSR count). The zero-order valence-corrected chi connectivity index (χ0v) is 13.0. The lowest BCUT2D eigenvalue weighted by Crippen LogP contribution is -2.56. The molecule has 4 nitrogen and oxygen atoms in total. The maximum absolute atomic E-state index is 11.9. The predicted octanol–water partition coefficient (Wildman–Crippen LogP) is 2.72. The van der Waals surface area contributed by atoms with Crippen molar-refractivity contribution < 1.29 is 4.79 Å². The number of hydrogen-bond donors (Lipinski definition) is 2. The van der Waals surface area contributed by atoms with Crippen molar-refractivity contribution in [1.29, 1.82) is 0 Å². The summed E-state index contributed by atoms with van der Waals surface area (Å²) in [6, 6.07) is 5.35. The van der Waals surface area contributed by atoms with Gasteiger partial charge in [0.05, 0.1) is 5.54 Å². The van der Waals surface area contributed by atoms with Crippen molar-refractivity contribution in [2.45, 2.75) is 39.3 Å². The number of fused-ring (bicyclic) bond motifs is 1. The van der Waals surface area contributed by atoms with E-state index in [0.29, 0.717) is 5.02 Å². The smallest absolute Gasteiger partial charge is 0.256 e. The number of nitrogens with one attached hydrogen (secondary N) is 1. The van der Waals surface area contributed by atoms with Crippen LogP contribution in [0.15, 0.2) is 24.3 Å². The fourth-order valence-corrected chi connectivity index (χ4v) is 3.14. The summed E-state index contributed by atoms with van der Waals surface area (Å²) in [6.45, 7) is 8.05. The lowest BCUT2D eigenvalue weighted by atomic mass is 9.87. The molecule has 1 amide bonds.